The highest BCUT2D eigenvalue weighted by molar-refractivity contribution is 5.83. The Morgan fingerprint density at radius 2 is 1.92 bits per heavy atom. The molecule has 0 bridgehead atoms. The zero-order valence-electron chi connectivity index (χ0n) is 14.1. The van der Waals surface area contributed by atoms with Crippen molar-refractivity contribution in [1.29, 1.82) is 0 Å². The standard InChI is InChI=1S/C18H26FN3O2/c1-13-12-22(11-8-20-13)17(14-2-4-15(19)5-3-14)18(24)21-9-6-16(23)7-10-21/h2-5,13,16-17,20,23H,6-12H2,1H3. The van der Waals surface area contributed by atoms with Crippen molar-refractivity contribution in [3.63, 3.8) is 0 Å². The van der Waals surface area contributed by atoms with Gasteiger partial charge in [0.25, 0.3) is 0 Å². The molecule has 2 atom stereocenters. The van der Waals surface area contributed by atoms with E-state index in [-0.39, 0.29) is 23.9 Å². The molecule has 24 heavy (non-hydrogen) atoms. The summed E-state index contributed by atoms with van der Waals surface area (Å²) >= 11 is 0. The Morgan fingerprint density at radius 1 is 1.25 bits per heavy atom. The number of aliphatic hydroxyl groups is 1. The fourth-order valence-corrected chi connectivity index (χ4v) is 3.61. The van der Waals surface area contributed by atoms with Crippen LogP contribution in [-0.4, -0.2) is 65.7 Å². The van der Waals surface area contributed by atoms with Crippen molar-refractivity contribution in [3.8, 4) is 0 Å². The molecular weight excluding hydrogens is 309 g/mol. The van der Waals surface area contributed by atoms with Crippen LogP contribution in [-0.2, 0) is 4.79 Å². The van der Waals surface area contributed by atoms with E-state index in [1.54, 1.807) is 12.1 Å². The lowest BCUT2D eigenvalue weighted by atomic mass is 10.00. The highest BCUT2D eigenvalue weighted by Crippen LogP contribution is 2.26. The molecule has 0 spiro atoms. The van der Waals surface area contributed by atoms with Crippen LogP contribution in [0.15, 0.2) is 24.3 Å². The molecule has 0 radical (unpaired) electrons. The quantitative estimate of drug-likeness (QED) is 0.870. The molecule has 1 amide bonds. The minimum atomic E-state index is -0.384. The SMILES string of the molecule is CC1CN(C(C(=O)N2CCC(O)CC2)c2ccc(F)cc2)CCN1. The number of amides is 1. The molecule has 132 valence electrons. The van der Waals surface area contributed by atoms with E-state index >= 15 is 0 Å². The van der Waals surface area contributed by atoms with Gasteiger partial charge < -0.3 is 15.3 Å². The average molecular weight is 335 g/mol. The van der Waals surface area contributed by atoms with Gasteiger partial charge in [0, 0.05) is 38.8 Å². The number of nitrogens with zero attached hydrogens (tertiary/aromatic N) is 2. The smallest absolute Gasteiger partial charge is 0.244 e. The number of hydrogen-bond acceptors (Lipinski definition) is 4. The third-order valence-corrected chi connectivity index (χ3v) is 4.96. The van der Waals surface area contributed by atoms with Gasteiger partial charge in [-0.15, -0.1) is 0 Å². The second-order valence-electron chi connectivity index (χ2n) is 6.86. The zero-order valence-corrected chi connectivity index (χ0v) is 14.1. The van der Waals surface area contributed by atoms with Crippen LogP contribution >= 0.6 is 0 Å². The van der Waals surface area contributed by atoms with Crippen LogP contribution in [0.25, 0.3) is 0 Å². The lowest BCUT2D eigenvalue weighted by molar-refractivity contribution is -0.139. The Morgan fingerprint density at radius 3 is 2.54 bits per heavy atom. The molecule has 1 aromatic rings. The fourth-order valence-electron chi connectivity index (χ4n) is 3.61. The average Bonchev–Trinajstić information content (AvgIpc) is 2.57. The largest absolute Gasteiger partial charge is 0.393 e. The molecular formula is C18H26FN3O2. The van der Waals surface area contributed by atoms with Gasteiger partial charge >= 0.3 is 0 Å². The summed E-state index contributed by atoms with van der Waals surface area (Å²) in [5.41, 5.74) is 0.835. The van der Waals surface area contributed by atoms with Gasteiger partial charge in [-0.3, -0.25) is 9.69 Å². The maximum absolute atomic E-state index is 13.3. The molecule has 2 saturated heterocycles. The molecule has 2 unspecified atom stereocenters. The number of aliphatic hydroxyl groups excluding tert-OH is 1. The molecule has 0 aromatic heterocycles. The van der Waals surface area contributed by atoms with Crippen LogP contribution in [0.2, 0.25) is 0 Å². The Kier molecular flexibility index (Phi) is 5.48. The third kappa shape index (κ3) is 3.94. The minimum absolute atomic E-state index is 0.0580. The van der Waals surface area contributed by atoms with Gasteiger partial charge in [0.2, 0.25) is 5.91 Å². The maximum atomic E-state index is 13.3. The van der Waals surface area contributed by atoms with E-state index in [2.05, 4.69) is 17.1 Å². The van der Waals surface area contributed by atoms with E-state index in [4.69, 9.17) is 0 Å². The van der Waals surface area contributed by atoms with Crippen molar-refractivity contribution in [2.75, 3.05) is 32.7 Å². The van der Waals surface area contributed by atoms with Crippen LogP contribution in [0.4, 0.5) is 4.39 Å². The number of benzene rings is 1. The lowest BCUT2D eigenvalue weighted by Crippen LogP contribution is -2.54. The van der Waals surface area contributed by atoms with Crippen LogP contribution in [0, 0.1) is 5.82 Å². The summed E-state index contributed by atoms with van der Waals surface area (Å²) in [5, 5.41) is 13.1. The number of carbonyl (C=O) groups excluding carboxylic acids is 1. The molecule has 6 heteroatoms. The van der Waals surface area contributed by atoms with Crippen molar-refractivity contribution in [2.24, 2.45) is 0 Å². The van der Waals surface area contributed by atoms with Gasteiger partial charge in [-0.05, 0) is 37.5 Å². The predicted octanol–water partition coefficient (Wildman–Crippen LogP) is 1.14. The second-order valence-corrected chi connectivity index (χ2v) is 6.86. The molecule has 2 fully saturated rings. The van der Waals surface area contributed by atoms with Crippen LogP contribution in [0.3, 0.4) is 0 Å². The first kappa shape index (κ1) is 17.3. The number of likely N-dealkylation sites (tertiary alicyclic amines) is 1. The summed E-state index contributed by atoms with van der Waals surface area (Å²) < 4.78 is 13.3. The number of piperidine rings is 1. The molecule has 5 nitrogen and oxygen atoms in total. The number of hydrogen-bond donors (Lipinski definition) is 2. The maximum Gasteiger partial charge on any atom is 0.244 e. The van der Waals surface area contributed by atoms with Crippen molar-refractivity contribution >= 4 is 5.91 Å². The first-order chi connectivity index (χ1) is 11.5. The molecule has 0 saturated carbocycles. The molecule has 1 aromatic carbocycles. The molecule has 2 aliphatic rings. The van der Waals surface area contributed by atoms with Gasteiger partial charge in [0.15, 0.2) is 0 Å². The van der Waals surface area contributed by atoms with Gasteiger partial charge in [-0.25, -0.2) is 4.39 Å². The second kappa shape index (κ2) is 7.59. The number of rotatable bonds is 3. The Balaban J connectivity index is 1.83. The van der Waals surface area contributed by atoms with Crippen LogP contribution in [0.1, 0.15) is 31.4 Å². The van der Waals surface area contributed by atoms with Gasteiger partial charge in [-0.1, -0.05) is 12.1 Å². The van der Waals surface area contributed by atoms with E-state index in [9.17, 15) is 14.3 Å². The summed E-state index contributed by atoms with van der Waals surface area (Å²) in [7, 11) is 0. The van der Waals surface area contributed by atoms with Crippen LogP contribution in [0.5, 0.6) is 0 Å². The van der Waals surface area contributed by atoms with Crippen molar-refractivity contribution in [3.05, 3.63) is 35.6 Å². The fraction of sp³-hybridized carbons (Fsp3) is 0.611. The number of piperazine rings is 1. The lowest BCUT2D eigenvalue weighted by Gasteiger charge is -2.40. The first-order valence-electron chi connectivity index (χ1n) is 8.74. The normalized spacial score (nSPS) is 24.8. The Bertz CT molecular complexity index is 558. The predicted molar refractivity (Wildman–Crippen MR) is 90.0 cm³/mol. The number of halogens is 1. The van der Waals surface area contributed by atoms with E-state index in [0.29, 0.717) is 32.0 Å². The van der Waals surface area contributed by atoms with Gasteiger partial charge in [0.05, 0.1) is 6.10 Å². The van der Waals surface area contributed by atoms with Crippen molar-refractivity contribution < 1.29 is 14.3 Å². The van der Waals surface area contributed by atoms with E-state index in [1.165, 1.54) is 12.1 Å². The third-order valence-electron chi connectivity index (χ3n) is 4.96. The molecule has 2 aliphatic heterocycles. The summed E-state index contributed by atoms with van der Waals surface area (Å²) in [5.74, 6) is -0.234. The first-order valence-corrected chi connectivity index (χ1v) is 8.74. The molecule has 2 N–H and O–H groups in total. The van der Waals surface area contributed by atoms with E-state index in [1.807, 2.05) is 4.90 Å². The molecule has 0 aliphatic carbocycles. The highest BCUT2D eigenvalue weighted by atomic mass is 19.1. The van der Waals surface area contributed by atoms with Crippen molar-refractivity contribution in [2.45, 2.75) is 38.0 Å². The number of nitrogens with one attached hydrogen (secondary N) is 1. The number of carbonyl (C=O) groups is 1. The van der Waals surface area contributed by atoms with Crippen LogP contribution < -0.4 is 5.32 Å². The monoisotopic (exact) mass is 335 g/mol. The molecule has 2 heterocycles. The van der Waals surface area contributed by atoms with E-state index < -0.39 is 0 Å². The van der Waals surface area contributed by atoms with E-state index in [0.717, 1.165) is 25.2 Å². The Labute approximate surface area is 142 Å². The Hall–Kier alpha value is -1.50. The topological polar surface area (TPSA) is 55.8 Å². The van der Waals surface area contributed by atoms with Gasteiger partial charge in [-0.2, -0.15) is 0 Å². The summed E-state index contributed by atoms with van der Waals surface area (Å²) in [6.07, 6.45) is 0.942. The van der Waals surface area contributed by atoms with Gasteiger partial charge in [0.1, 0.15) is 11.9 Å². The minimum Gasteiger partial charge on any atom is -0.393 e. The summed E-state index contributed by atoms with van der Waals surface area (Å²) in [6, 6.07) is 6.19. The summed E-state index contributed by atoms with van der Waals surface area (Å²) in [6.45, 7) is 5.68. The zero-order chi connectivity index (χ0) is 17.1. The van der Waals surface area contributed by atoms with Crippen molar-refractivity contribution in [1.82, 2.24) is 15.1 Å². The molecule has 3 rings (SSSR count). The highest BCUT2D eigenvalue weighted by Gasteiger charge is 2.34. The summed E-state index contributed by atoms with van der Waals surface area (Å²) in [4.78, 5) is 17.2.